The fraction of sp³-hybridized carbons (Fsp3) is 0.452. The minimum absolute atomic E-state index is 0.103. The van der Waals surface area contributed by atoms with Gasteiger partial charge in [-0.1, -0.05) is 54.1 Å². The van der Waals surface area contributed by atoms with Gasteiger partial charge in [-0.05, 0) is 74.6 Å². The molecule has 5 aliphatic rings. The number of methoxy groups -OCH3 is 2. The van der Waals surface area contributed by atoms with Gasteiger partial charge in [-0.3, -0.25) is 14.5 Å². The zero-order chi connectivity index (χ0) is 38.3. The Hall–Kier alpha value is -4.78. The lowest BCUT2D eigenvalue weighted by molar-refractivity contribution is -0.160. The van der Waals surface area contributed by atoms with Crippen molar-refractivity contribution >= 4 is 23.5 Å². The number of aliphatic carboxylic acids is 1. The largest absolute Gasteiger partial charge is 0.481 e. The van der Waals surface area contributed by atoms with E-state index in [1.54, 1.807) is 14.2 Å². The number of carboxylic acid groups (broad SMARTS) is 1. The van der Waals surface area contributed by atoms with Crippen LogP contribution in [0.15, 0.2) is 48.5 Å². The van der Waals surface area contributed by atoms with Crippen LogP contribution in [-0.4, -0.2) is 76.2 Å². The number of piperidine rings is 2. The maximum absolute atomic E-state index is 12.2. The SMILES string of the molecule is COc1nc(-c2cccc(-c3cccc4c3CC[C@@H]4Oc3nc(OC)c(CN4CC5(C(=O)O)CCC4CC5)nc3C)c2Cl)ccc1CNC[C@@H]1CCC(=O)N1. The van der Waals surface area contributed by atoms with Crippen LogP contribution in [0.25, 0.3) is 22.4 Å². The maximum atomic E-state index is 12.2. The normalized spacial score (nSPS) is 23.1. The molecule has 12 nitrogen and oxygen atoms in total. The summed E-state index contributed by atoms with van der Waals surface area (Å²) in [6, 6.07) is 16.7. The molecule has 3 N–H and O–H groups in total. The third-order valence-electron chi connectivity index (χ3n) is 12.0. The first kappa shape index (κ1) is 37.2. The number of aryl methyl sites for hydroxylation is 1. The number of carbonyl (C=O) groups excluding carboxylic acids is 1. The molecule has 9 rings (SSSR count). The van der Waals surface area contributed by atoms with Crippen LogP contribution >= 0.6 is 11.6 Å². The second kappa shape index (κ2) is 15.4. The number of hydrogen-bond donors (Lipinski definition) is 3. The summed E-state index contributed by atoms with van der Waals surface area (Å²) < 4.78 is 18.0. The highest BCUT2D eigenvalue weighted by atomic mass is 35.5. The van der Waals surface area contributed by atoms with Crippen LogP contribution in [0.5, 0.6) is 17.6 Å². The van der Waals surface area contributed by atoms with Gasteiger partial charge in [0.2, 0.25) is 23.5 Å². The molecule has 0 spiro atoms. The van der Waals surface area contributed by atoms with E-state index in [1.165, 1.54) is 5.56 Å². The summed E-state index contributed by atoms with van der Waals surface area (Å²) in [5.74, 6) is 0.747. The van der Waals surface area contributed by atoms with E-state index in [0.29, 0.717) is 78.4 Å². The summed E-state index contributed by atoms with van der Waals surface area (Å²) in [7, 11) is 3.20. The number of pyridine rings is 1. The van der Waals surface area contributed by atoms with E-state index in [2.05, 4.69) is 27.7 Å². The minimum Gasteiger partial charge on any atom is -0.481 e. The Labute approximate surface area is 326 Å². The topological polar surface area (TPSA) is 148 Å². The van der Waals surface area contributed by atoms with Crippen molar-refractivity contribution in [3.63, 3.8) is 0 Å². The van der Waals surface area contributed by atoms with Crippen molar-refractivity contribution < 1.29 is 28.9 Å². The van der Waals surface area contributed by atoms with E-state index in [-0.39, 0.29) is 18.1 Å². The maximum Gasteiger partial charge on any atom is 0.310 e. The van der Waals surface area contributed by atoms with Crippen molar-refractivity contribution in [3.05, 3.63) is 81.6 Å². The lowest BCUT2D eigenvalue weighted by Gasteiger charge is -2.50. The fourth-order valence-corrected chi connectivity index (χ4v) is 9.30. The van der Waals surface area contributed by atoms with Crippen molar-refractivity contribution in [2.45, 2.75) is 89.6 Å². The molecule has 288 valence electrons. The summed E-state index contributed by atoms with van der Waals surface area (Å²) in [6.07, 6.45) is 5.96. The molecule has 13 heteroatoms. The van der Waals surface area contributed by atoms with Crippen LogP contribution in [0.2, 0.25) is 5.02 Å². The van der Waals surface area contributed by atoms with Crippen LogP contribution in [0.1, 0.15) is 79.1 Å². The van der Waals surface area contributed by atoms with E-state index >= 15 is 0 Å². The molecule has 1 saturated carbocycles. The molecule has 2 aliphatic carbocycles. The summed E-state index contributed by atoms with van der Waals surface area (Å²) in [5, 5.41) is 17.0. The first-order valence-corrected chi connectivity index (χ1v) is 19.5. The van der Waals surface area contributed by atoms with Crippen molar-refractivity contribution in [3.8, 4) is 40.0 Å². The Balaban J connectivity index is 0.994. The molecule has 2 aromatic carbocycles. The number of nitrogens with zero attached hydrogens (tertiary/aromatic N) is 4. The van der Waals surface area contributed by atoms with Crippen molar-refractivity contribution in [1.29, 1.82) is 0 Å². The monoisotopic (exact) mass is 766 g/mol. The molecule has 3 aliphatic heterocycles. The molecule has 55 heavy (non-hydrogen) atoms. The van der Waals surface area contributed by atoms with E-state index in [1.807, 2.05) is 43.3 Å². The van der Waals surface area contributed by atoms with Crippen LogP contribution in [-0.2, 0) is 29.1 Å². The predicted octanol–water partition coefficient (Wildman–Crippen LogP) is 6.45. The fourth-order valence-electron chi connectivity index (χ4n) is 8.97. The average Bonchev–Trinajstić information content (AvgIpc) is 3.81. The lowest BCUT2D eigenvalue weighted by Crippen LogP contribution is -2.56. The van der Waals surface area contributed by atoms with Crippen molar-refractivity contribution in [2.75, 3.05) is 27.3 Å². The number of halogens is 1. The molecule has 2 bridgehead atoms. The van der Waals surface area contributed by atoms with E-state index in [4.69, 9.17) is 40.8 Å². The Morgan fingerprint density at radius 1 is 0.945 bits per heavy atom. The highest BCUT2D eigenvalue weighted by Gasteiger charge is 2.49. The van der Waals surface area contributed by atoms with Crippen LogP contribution in [0.4, 0.5) is 0 Å². The Kier molecular flexibility index (Phi) is 10.4. The molecule has 1 amide bonds. The number of fused-ring (bicyclic) bond motifs is 4. The number of benzene rings is 2. The first-order valence-electron chi connectivity index (χ1n) is 19.2. The third-order valence-corrected chi connectivity index (χ3v) is 12.4. The first-order chi connectivity index (χ1) is 26.7. The summed E-state index contributed by atoms with van der Waals surface area (Å²) >= 11 is 7.21. The highest BCUT2D eigenvalue weighted by molar-refractivity contribution is 6.36. The number of aromatic nitrogens is 3. The number of amides is 1. The number of rotatable bonds is 13. The summed E-state index contributed by atoms with van der Waals surface area (Å²) in [6.45, 7) is 4.14. The van der Waals surface area contributed by atoms with Gasteiger partial charge >= 0.3 is 5.97 Å². The second-order valence-corrected chi connectivity index (χ2v) is 15.7. The minimum atomic E-state index is -0.704. The highest BCUT2D eigenvalue weighted by Crippen LogP contribution is 2.47. The Bertz CT molecular complexity index is 2120. The Morgan fingerprint density at radius 2 is 1.71 bits per heavy atom. The molecular weight excluding hydrogens is 720 g/mol. The van der Waals surface area contributed by atoms with Gasteiger partial charge in [-0.2, -0.15) is 4.98 Å². The van der Waals surface area contributed by atoms with Crippen LogP contribution in [0.3, 0.4) is 0 Å². The third kappa shape index (κ3) is 7.23. The number of carbonyl (C=O) groups is 2. The van der Waals surface area contributed by atoms with Crippen LogP contribution in [0, 0.1) is 12.3 Å². The van der Waals surface area contributed by atoms with Gasteiger partial charge in [0.25, 0.3) is 0 Å². The molecule has 3 saturated heterocycles. The van der Waals surface area contributed by atoms with Gasteiger partial charge in [-0.15, -0.1) is 0 Å². The summed E-state index contributed by atoms with van der Waals surface area (Å²) in [4.78, 5) is 40.5. The zero-order valence-corrected chi connectivity index (χ0v) is 32.2. The van der Waals surface area contributed by atoms with E-state index < -0.39 is 11.4 Å². The number of nitrogens with one attached hydrogen (secondary N) is 2. The standard InChI is InChI=1S/C42H47ClN6O6/c1-24-38(48-40(54-3)34(45-24)22-49-23-42(41(51)52)18-16-27(49)17-19-42)55-35-14-12-29-28(6-4-7-30(29)35)31-8-5-9-32(37(31)43)33-13-10-25(39(47-33)53-2)20-44-21-26-11-15-36(50)46-26/h4-10,13,26-27,35,44H,11-12,14-23H2,1-3H3,(H,46,50)(H,51,52)/t26-,27?,35-,42?/m0/s1. The number of ether oxygens (including phenoxy) is 3. The molecule has 0 unspecified atom stereocenters. The summed E-state index contributed by atoms with van der Waals surface area (Å²) in [5.41, 5.74) is 7.35. The lowest BCUT2D eigenvalue weighted by atomic mass is 9.67. The molecule has 4 aromatic rings. The number of hydrogen-bond acceptors (Lipinski definition) is 10. The van der Waals surface area contributed by atoms with Crippen LogP contribution < -0.4 is 24.8 Å². The smallest absolute Gasteiger partial charge is 0.310 e. The van der Waals surface area contributed by atoms with Crippen molar-refractivity contribution in [2.24, 2.45) is 5.41 Å². The van der Waals surface area contributed by atoms with Gasteiger partial charge in [0.15, 0.2) is 0 Å². The molecule has 2 aromatic heterocycles. The van der Waals surface area contributed by atoms with Gasteiger partial charge in [0.1, 0.15) is 11.8 Å². The second-order valence-electron chi connectivity index (χ2n) is 15.3. The van der Waals surface area contributed by atoms with Crippen molar-refractivity contribution in [1.82, 2.24) is 30.5 Å². The van der Waals surface area contributed by atoms with Gasteiger partial charge in [-0.25, -0.2) is 9.97 Å². The average molecular weight is 767 g/mol. The van der Waals surface area contributed by atoms with Gasteiger partial charge in [0, 0.05) is 61.4 Å². The van der Waals surface area contributed by atoms with Gasteiger partial charge < -0.3 is 30.0 Å². The molecule has 2 atom stereocenters. The number of carboxylic acids is 1. The van der Waals surface area contributed by atoms with E-state index in [9.17, 15) is 14.7 Å². The molecule has 0 radical (unpaired) electrons. The molecule has 4 fully saturated rings. The molecular formula is C42H47ClN6O6. The van der Waals surface area contributed by atoms with E-state index in [0.717, 1.165) is 72.8 Å². The quantitative estimate of drug-likeness (QED) is 0.138. The zero-order valence-electron chi connectivity index (χ0n) is 31.5. The predicted molar refractivity (Wildman–Crippen MR) is 207 cm³/mol. The van der Waals surface area contributed by atoms with Gasteiger partial charge in [0.05, 0.1) is 36.0 Å². The Morgan fingerprint density at radius 3 is 2.45 bits per heavy atom. The molecule has 5 heterocycles.